The van der Waals surface area contributed by atoms with Gasteiger partial charge in [0, 0.05) is 31.2 Å². The topological polar surface area (TPSA) is 142 Å². The van der Waals surface area contributed by atoms with Crippen LogP contribution in [0.5, 0.6) is 0 Å². The number of carbonyl (C=O) groups excluding carboxylic acids is 1. The van der Waals surface area contributed by atoms with Gasteiger partial charge in [0.2, 0.25) is 10.0 Å². The van der Waals surface area contributed by atoms with Gasteiger partial charge in [0.15, 0.2) is 15.5 Å². The summed E-state index contributed by atoms with van der Waals surface area (Å²) in [7, 11) is -7.28. The van der Waals surface area contributed by atoms with Crippen molar-refractivity contribution in [1.29, 1.82) is 0 Å². The summed E-state index contributed by atoms with van der Waals surface area (Å²) in [4.78, 5) is 17.0. The van der Waals surface area contributed by atoms with Crippen molar-refractivity contribution in [2.75, 3.05) is 13.1 Å². The maximum absolute atomic E-state index is 13.2. The molecule has 192 valence electrons. The van der Waals surface area contributed by atoms with Crippen molar-refractivity contribution in [1.82, 2.24) is 24.8 Å². The van der Waals surface area contributed by atoms with Gasteiger partial charge in [0.1, 0.15) is 0 Å². The van der Waals surface area contributed by atoms with Gasteiger partial charge in [-0.25, -0.2) is 21.8 Å². The quantitative estimate of drug-likeness (QED) is 0.367. The van der Waals surface area contributed by atoms with Crippen LogP contribution in [0.1, 0.15) is 28.8 Å². The van der Waals surface area contributed by atoms with E-state index in [4.69, 9.17) is 0 Å². The fourth-order valence-corrected chi connectivity index (χ4v) is 7.58. The summed E-state index contributed by atoms with van der Waals surface area (Å²) in [5.74, 6) is -0.301. The number of amides is 1. The number of carbonyl (C=O) groups is 1. The van der Waals surface area contributed by atoms with Crippen molar-refractivity contribution in [2.24, 2.45) is 0 Å². The molecule has 1 amide bonds. The highest BCUT2D eigenvalue weighted by atomic mass is 32.2. The van der Waals surface area contributed by atoms with Crippen LogP contribution in [0.3, 0.4) is 0 Å². The third-order valence-electron chi connectivity index (χ3n) is 6.48. The van der Waals surface area contributed by atoms with Gasteiger partial charge in [-0.15, -0.1) is 0 Å². The molecule has 2 aromatic heterocycles. The number of rotatable bonds is 7. The Balaban J connectivity index is 1.19. The summed E-state index contributed by atoms with van der Waals surface area (Å²) in [6, 6.07) is 16.2. The molecule has 2 N–H and O–H groups in total. The first-order valence-electron chi connectivity index (χ1n) is 11.7. The summed E-state index contributed by atoms with van der Waals surface area (Å²) in [6.45, 7) is 0.508. The van der Waals surface area contributed by atoms with Crippen LogP contribution in [0.4, 0.5) is 0 Å². The third-order valence-corrected chi connectivity index (χ3v) is 10.7. The van der Waals surface area contributed by atoms with Crippen LogP contribution >= 0.6 is 0 Å². The normalized spacial score (nSPS) is 15.6. The predicted octanol–water partition coefficient (Wildman–Crippen LogP) is 2.51. The Morgan fingerprint density at radius 2 is 1.65 bits per heavy atom. The molecule has 3 heterocycles. The highest BCUT2D eigenvalue weighted by molar-refractivity contribution is 7.92. The molecule has 1 fully saturated rings. The van der Waals surface area contributed by atoms with E-state index in [9.17, 15) is 21.6 Å². The summed E-state index contributed by atoms with van der Waals surface area (Å²) in [6.07, 6.45) is 3.49. The Kier molecular flexibility index (Phi) is 6.80. The molecular formula is C25H25N5O5S2. The van der Waals surface area contributed by atoms with Crippen molar-refractivity contribution < 1.29 is 21.6 Å². The predicted molar refractivity (Wildman–Crippen MR) is 137 cm³/mol. The summed E-state index contributed by atoms with van der Waals surface area (Å²) in [5.41, 5.74) is 1.74. The molecule has 0 unspecified atom stereocenters. The van der Waals surface area contributed by atoms with E-state index in [-0.39, 0.29) is 48.2 Å². The maximum atomic E-state index is 13.2. The molecule has 0 radical (unpaired) electrons. The number of piperidine rings is 1. The van der Waals surface area contributed by atoms with Gasteiger partial charge < -0.3 is 5.32 Å². The molecule has 1 saturated heterocycles. The number of hydrogen-bond donors (Lipinski definition) is 2. The fourth-order valence-electron chi connectivity index (χ4n) is 4.36. The first-order chi connectivity index (χ1) is 17.7. The number of nitrogens with zero attached hydrogens (tertiary/aromatic N) is 3. The lowest BCUT2D eigenvalue weighted by molar-refractivity contribution is 0.0950. The first-order valence-corrected chi connectivity index (χ1v) is 14.7. The molecule has 0 atom stereocenters. The number of pyridine rings is 1. The number of H-pyrrole nitrogens is 1. The Morgan fingerprint density at radius 1 is 0.946 bits per heavy atom. The van der Waals surface area contributed by atoms with E-state index in [1.54, 1.807) is 42.6 Å². The molecule has 5 rings (SSSR count). The molecule has 10 nitrogen and oxygen atoms in total. The summed E-state index contributed by atoms with van der Waals surface area (Å²) < 4.78 is 53.4. The Labute approximate surface area is 214 Å². The van der Waals surface area contributed by atoms with Gasteiger partial charge in [-0.1, -0.05) is 30.3 Å². The minimum atomic E-state index is -3.65. The van der Waals surface area contributed by atoms with Gasteiger partial charge in [-0.2, -0.15) is 9.40 Å². The van der Waals surface area contributed by atoms with Gasteiger partial charge >= 0.3 is 0 Å². The minimum absolute atomic E-state index is 0.144. The second-order valence-corrected chi connectivity index (χ2v) is 13.0. The molecule has 1 aliphatic rings. The number of sulfone groups is 1. The van der Waals surface area contributed by atoms with E-state index in [0.29, 0.717) is 11.2 Å². The molecule has 4 aromatic rings. The van der Waals surface area contributed by atoms with Gasteiger partial charge in [0.05, 0.1) is 26.8 Å². The smallest absolute Gasteiger partial charge is 0.253 e. The zero-order valence-corrected chi connectivity index (χ0v) is 21.4. The molecule has 2 aromatic carbocycles. The van der Waals surface area contributed by atoms with E-state index >= 15 is 0 Å². The van der Waals surface area contributed by atoms with Crippen LogP contribution < -0.4 is 5.32 Å². The van der Waals surface area contributed by atoms with E-state index in [2.05, 4.69) is 20.5 Å². The van der Waals surface area contributed by atoms with E-state index in [0.717, 1.165) is 10.9 Å². The maximum Gasteiger partial charge on any atom is 0.253 e. The van der Waals surface area contributed by atoms with Gasteiger partial charge in [-0.05, 0) is 48.7 Å². The highest BCUT2D eigenvalue weighted by Gasteiger charge is 2.35. The van der Waals surface area contributed by atoms with E-state index in [1.165, 1.54) is 34.8 Å². The number of benzene rings is 2. The number of fused-ring (bicyclic) bond motifs is 1. The molecular weight excluding hydrogens is 514 g/mol. The molecule has 12 heteroatoms. The molecule has 37 heavy (non-hydrogen) atoms. The number of aromatic amines is 1. The average Bonchev–Trinajstić information content (AvgIpc) is 3.40. The Hall–Kier alpha value is -3.61. The minimum Gasteiger partial charge on any atom is -0.348 e. The Morgan fingerprint density at radius 3 is 2.35 bits per heavy atom. The standard InChI is InChI=1S/C25H25N5O5S2/c31-25(20-14-19-17-28-29-24(19)26-16-20)27-15-18-6-8-21(9-7-18)36(32,33)22-10-12-30(13-11-22)37(34,35)23-4-2-1-3-5-23/h1-9,14,16-17,22H,10-13,15H2,(H,27,31)(H,26,28,29). The first kappa shape index (κ1) is 25.1. The van der Waals surface area contributed by atoms with Crippen LogP contribution in [0.2, 0.25) is 0 Å². The van der Waals surface area contributed by atoms with Crippen LogP contribution in [0.25, 0.3) is 11.0 Å². The van der Waals surface area contributed by atoms with Crippen molar-refractivity contribution in [2.45, 2.75) is 34.4 Å². The summed E-state index contributed by atoms with van der Waals surface area (Å²) in [5, 5.41) is 9.49. The van der Waals surface area contributed by atoms with Crippen LogP contribution in [-0.4, -0.2) is 60.6 Å². The molecule has 0 aliphatic carbocycles. The third kappa shape index (κ3) is 5.13. The Bertz CT molecular complexity index is 1630. The van der Waals surface area contributed by atoms with E-state index < -0.39 is 25.1 Å². The van der Waals surface area contributed by atoms with Crippen LogP contribution in [0.15, 0.2) is 82.8 Å². The highest BCUT2D eigenvalue weighted by Crippen LogP contribution is 2.28. The van der Waals surface area contributed by atoms with Gasteiger partial charge in [0.25, 0.3) is 5.91 Å². The number of sulfonamides is 1. The van der Waals surface area contributed by atoms with Gasteiger partial charge in [-0.3, -0.25) is 9.89 Å². The number of hydrogen-bond acceptors (Lipinski definition) is 7. The molecule has 0 spiro atoms. The molecule has 0 bridgehead atoms. The van der Waals surface area contributed by atoms with Crippen molar-refractivity contribution in [3.8, 4) is 0 Å². The molecule has 0 saturated carbocycles. The van der Waals surface area contributed by atoms with Crippen LogP contribution in [-0.2, 0) is 26.4 Å². The average molecular weight is 540 g/mol. The van der Waals surface area contributed by atoms with E-state index in [1.807, 2.05) is 0 Å². The lowest BCUT2D eigenvalue weighted by atomic mass is 10.2. The molecule has 1 aliphatic heterocycles. The van der Waals surface area contributed by atoms with Crippen molar-refractivity contribution in [3.05, 3.63) is 84.2 Å². The second-order valence-electron chi connectivity index (χ2n) is 8.82. The largest absolute Gasteiger partial charge is 0.348 e. The van der Waals surface area contributed by atoms with Crippen molar-refractivity contribution in [3.63, 3.8) is 0 Å². The lowest BCUT2D eigenvalue weighted by Crippen LogP contribution is -2.42. The lowest BCUT2D eigenvalue weighted by Gasteiger charge is -2.31. The second kappa shape index (κ2) is 10.0. The zero-order chi connectivity index (χ0) is 26.0. The monoisotopic (exact) mass is 539 g/mol. The van der Waals surface area contributed by atoms with Crippen LogP contribution in [0, 0.1) is 0 Å². The summed E-state index contributed by atoms with van der Waals surface area (Å²) >= 11 is 0. The number of nitrogens with one attached hydrogen (secondary N) is 2. The number of aromatic nitrogens is 3. The zero-order valence-electron chi connectivity index (χ0n) is 19.7. The SMILES string of the molecule is O=C(NCc1ccc(S(=O)(=O)C2CCN(S(=O)(=O)c3ccccc3)CC2)cc1)c1cnc2[nH]ncc2c1. The van der Waals surface area contributed by atoms with Crippen molar-refractivity contribution >= 4 is 36.8 Å². The fraction of sp³-hybridized carbons (Fsp3) is 0.240.